The molecule has 0 unspecified atom stereocenters. The van der Waals surface area contributed by atoms with Crippen LogP contribution in [0, 0.1) is 11.7 Å². The number of likely N-dealkylation sites (tertiary alicyclic amines) is 1. The van der Waals surface area contributed by atoms with Crippen molar-refractivity contribution >= 4 is 5.91 Å². The normalized spacial score (nSPS) is 18.3. The highest BCUT2D eigenvalue weighted by Gasteiger charge is 2.26. The fourth-order valence-corrected chi connectivity index (χ4v) is 4.28. The van der Waals surface area contributed by atoms with Crippen molar-refractivity contribution in [2.75, 3.05) is 19.6 Å². The lowest BCUT2D eigenvalue weighted by molar-refractivity contribution is -0.133. The van der Waals surface area contributed by atoms with Gasteiger partial charge in [-0.05, 0) is 67.1 Å². The van der Waals surface area contributed by atoms with E-state index in [0.717, 1.165) is 57.5 Å². The van der Waals surface area contributed by atoms with E-state index in [2.05, 4.69) is 29.2 Å². The van der Waals surface area contributed by atoms with E-state index in [1.807, 2.05) is 17.0 Å². The number of carbonyl (C=O) groups excluding carboxylic acids is 1. The number of hydrogen-bond donors (Lipinski definition) is 0. The number of hydrogen-bond acceptors (Lipinski definition) is 2. The molecule has 2 aliphatic rings. The Morgan fingerprint density at radius 2 is 1.67 bits per heavy atom. The second kappa shape index (κ2) is 8.22. The lowest BCUT2D eigenvalue weighted by atomic mass is 9.92. The van der Waals surface area contributed by atoms with Crippen molar-refractivity contribution in [3.8, 4) is 0 Å². The van der Waals surface area contributed by atoms with Gasteiger partial charge in [0.2, 0.25) is 5.91 Å². The predicted octanol–water partition coefficient (Wildman–Crippen LogP) is 4.01. The molecule has 142 valence electrons. The molecule has 0 spiro atoms. The highest BCUT2D eigenvalue weighted by Crippen LogP contribution is 2.25. The Morgan fingerprint density at radius 1 is 0.963 bits per heavy atom. The zero-order valence-corrected chi connectivity index (χ0v) is 15.7. The standard InChI is InChI=1S/C23H27FN2O/c24-22-7-5-19(6-8-22)16-25-12-9-18(10-13-25)15-23(27)26-14-11-20-3-1-2-4-21(20)17-26/h1-8,18H,9-17H2. The highest BCUT2D eigenvalue weighted by atomic mass is 19.1. The Bertz CT molecular complexity index is 781. The van der Waals surface area contributed by atoms with Gasteiger partial charge < -0.3 is 4.90 Å². The largest absolute Gasteiger partial charge is 0.338 e. The lowest BCUT2D eigenvalue weighted by Gasteiger charge is -2.34. The van der Waals surface area contributed by atoms with Crippen molar-refractivity contribution in [1.29, 1.82) is 0 Å². The third kappa shape index (κ3) is 4.56. The van der Waals surface area contributed by atoms with E-state index < -0.39 is 0 Å². The van der Waals surface area contributed by atoms with E-state index in [1.165, 1.54) is 23.3 Å². The van der Waals surface area contributed by atoms with Gasteiger partial charge in [-0.15, -0.1) is 0 Å². The quantitative estimate of drug-likeness (QED) is 0.816. The number of benzene rings is 2. The number of carbonyl (C=O) groups is 1. The van der Waals surface area contributed by atoms with Crippen LogP contribution >= 0.6 is 0 Å². The summed E-state index contributed by atoms with van der Waals surface area (Å²) in [4.78, 5) is 17.2. The molecule has 27 heavy (non-hydrogen) atoms. The number of piperidine rings is 1. The van der Waals surface area contributed by atoms with Crippen LogP contribution in [0.15, 0.2) is 48.5 Å². The minimum atomic E-state index is -0.184. The van der Waals surface area contributed by atoms with Crippen molar-refractivity contribution in [2.45, 2.75) is 38.8 Å². The number of nitrogens with zero attached hydrogens (tertiary/aromatic N) is 2. The summed E-state index contributed by atoms with van der Waals surface area (Å²) in [6.45, 7) is 4.50. The molecule has 0 atom stereocenters. The average Bonchev–Trinajstić information content (AvgIpc) is 2.71. The maximum absolute atomic E-state index is 13.0. The summed E-state index contributed by atoms with van der Waals surface area (Å²) in [6, 6.07) is 15.2. The Labute approximate surface area is 160 Å². The van der Waals surface area contributed by atoms with E-state index in [-0.39, 0.29) is 5.82 Å². The van der Waals surface area contributed by atoms with Crippen molar-refractivity contribution in [2.24, 2.45) is 5.92 Å². The predicted molar refractivity (Wildman–Crippen MR) is 105 cm³/mol. The second-order valence-corrected chi connectivity index (χ2v) is 7.88. The van der Waals surface area contributed by atoms with Crippen LogP contribution < -0.4 is 0 Å². The molecule has 1 amide bonds. The van der Waals surface area contributed by atoms with E-state index in [9.17, 15) is 9.18 Å². The zero-order chi connectivity index (χ0) is 18.6. The minimum Gasteiger partial charge on any atom is -0.338 e. The first-order chi connectivity index (χ1) is 13.2. The first-order valence-corrected chi connectivity index (χ1v) is 9.99. The molecule has 2 aliphatic heterocycles. The van der Waals surface area contributed by atoms with Crippen LogP contribution in [0.3, 0.4) is 0 Å². The molecule has 0 N–H and O–H groups in total. The van der Waals surface area contributed by atoms with Crippen molar-refractivity contribution in [3.05, 3.63) is 71.0 Å². The van der Waals surface area contributed by atoms with E-state index >= 15 is 0 Å². The molecule has 2 heterocycles. The molecule has 1 fully saturated rings. The van der Waals surface area contributed by atoms with Crippen LogP contribution in [-0.2, 0) is 24.3 Å². The van der Waals surface area contributed by atoms with Gasteiger partial charge in [-0.3, -0.25) is 9.69 Å². The van der Waals surface area contributed by atoms with Crippen molar-refractivity contribution in [3.63, 3.8) is 0 Å². The van der Waals surface area contributed by atoms with Crippen LogP contribution in [-0.4, -0.2) is 35.3 Å². The molecule has 1 saturated heterocycles. The molecule has 0 radical (unpaired) electrons. The number of halogens is 1. The van der Waals surface area contributed by atoms with Gasteiger partial charge in [0.1, 0.15) is 5.82 Å². The first-order valence-electron chi connectivity index (χ1n) is 9.99. The molecule has 0 aliphatic carbocycles. The van der Waals surface area contributed by atoms with Gasteiger partial charge in [0.25, 0.3) is 0 Å². The molecule has 2 aromatic rings. The molecule has 0 bridgehead atoms. The number of rotatable bonds is 4. The molecule has 0 saturated carbocycles. The van der Waals surface area contributed by atoms with Gasteiger partial charge in [0.05, 0.1) is 0 Å². The minimum absolute atomic E-state index is 0.184. The molecule has 4 heteroatoms. The summed E-state index contributed by atoms with van der Waals surface area (Å²) in [5.41, 5.74) is 3.83. The maximum atomic E-state index is 13.0. The molecule has 2 aromatic carbocycles. The fraction of sp³-hybridized carbons (Fsp3) is 0.435. The highest BCUT2D eigenvalue weighted by molar-refractivity contribution is 5.76. The molecule has 4 rings (SSSR count). The van der Waals surface area contributed by atoms with E-state index in [1.54, 1.807) is 0 Å². The second-order valence-electron chi connectivity index (χ2n) is 7.88. The smallest absolute Gasteiger partial charge is 0.223 e. The monoisotopic (exact) mass is 366 g/mol. The number of amides is 1. The summed E-state index contributed by atoms with van der Waals surface area (Å²) in [6.07, 6.45) is 3.78. The summed E-state index contributed by atoms with van der Waals surface area (Å²) >= 11 is 0. The summed E-state index contributed by atoms with van der Waals surface area (Å²) in [5, 5.41) is 0. The third-order valence-corrected chi connectivity index (χ3v) is 5.97. The Hall–Kier alpha value is -2.20. The van der Waals surface area contributed by atoms with Crippen LogP contribution in [0.1, 0.15) is 36.0 Å². The molecule has 0 aromatic heterocycles. The fourth-order valence-electron chi connectivity index (χ4n) is 4.28. The third-order valence-electron chi connectivity index (χ3n) is 5.97. The van der Waals surface area contributed by atoms with Crippen LogP contribution in [0.4, 0.5) is 4.39 Å². The van der Waals surface area contributed by atoms with Crippen LogP contribution in [0.25, 0.3) is 0 Å². The van der Waals surface area contributed by atoms with Gasteiger partial charge in [-0.25, -0.2) is 4.39 Å². The Morgan fingerprint density at radius 3 is 2.41 bits per heavy atom. The Kier molecular flexibility index (Phi) is 5.53. The first kappa shape index (κ1) is 18.2. The van der Waals surface area contributed by atoms with Gasteiger partial charge in [0, 0.05) is 26.1 Å². The van der Waals surface area contributed by atoms with Gasteiger partial charge in [-0.1, -0.05) is 36.4 Å². The van der Waals surface area contributed by atoms with Gasteiger partial charge in [-0.2, -0.15) is 0 Å². The molecular formula is C23H27FN2O. The summed E-state index contributed by atoms with van der Waals surface area (Å²) in [5.74, 6) is 0.608. The van der Waals surface area contributed by atoms with E-state index in [0.29, 0.717) is 18.2 Å². The Balaban J connectivity index is 1.24. The van der Waals surface area contributed by atoms with E-state index in [4.69, 9.17) is 0 Å². The summed E-state index contributed by atoms with van der Waals surface area (Å²) in [7, 11) is 0. The molecule has 3 nitrogen and oxygen atoms in total. The van der Waals surface area contributed by atoms with Crippen molar-refractivity contribution < 1.29 is 9.18 Å². The topological polar surface area (TPSA) is 23.6 Å². The zero-order valence-electron chi connectivity index (χ0n) is 15.7. The van der Waals surface area contributed by atoms with Crippen LogP contribution in [0.5, 0.6) is 0 Å². The van der Waals surface area contributed by atoms with Gasteiger partial charge in [0.15, 0.2) is 0 Å². The number of fused-ring (bicyclic) bond motifs is 1. The summed E-state index contributed by atoms with van der Waals surface area (Å²) < 4.78 is 13.0. The van der Waals surface area contributed by atoms with Crippen LogP contribution in [0.2, 0.25) is 0 Å². The van der Waals surface area contributed by atoms with Gasteiger partial charge >= 0.3 is 0 Å². The average molecular weight is 366 g/mol. The maximum Gasteiger partial charge on any atom is 0.223 e. The SMILES string of the molecule is O=C(CC1CCN(Cc2ccc(F)cc2)CC1)N1CCc2ccccc2C1. The lowest BCUT2D eigenvalue weighted by Crippen LogP contribution is -2.39. The molecular weight excluding hydrogens is 339 g/mol. The van der Waals surface area contributed by atoms with Crippen molar-refractivity contribution in [1.82, 2.24) is 9.80 Å².